The van der Waals surface area contributed by atoms with E-state index in [-0.39, 0.29) is 5.78 Å². The normalized spacial score (nSPS) is 10.8. The maximum atomic E-state index is 12.4. The summed E-state index contributed by atoms with van der Waals surface area (Å²) < 4.78 is 1.70. The Kier molecular flexibility index (Phi) is 2.83. The topological polar surface area (TPSA) is 47.8 Å². The van der Waals surface area contributed by atoms with Crippen molar-refractivity contribution in [3.05, 3.63) is 60.0 Å². The van der Waals surface area contributed by atoms with Gasteiger partial charge in [0.2, 0.25) is 0 Å². The van der Waals surface area contributed by atoms with Gasteiger partial charge in [0.25, 0.3) is 0 Å². The highest BCUT2D eigenvalue weighted by molar-refractivity contribution is 6.07. The van der Waals surface area contributed by atoms with Gasteiger partial charge in [0, 0.05) is 30.4 Å². The van der Waals surface area contributed by atoms with Gasteiger partial charge in [-0.05, 0) is 18.2 Å². The van der Waals surface area contributed by atoms with Crippen LogP contribution < -0.4 is 0 Å². The molecule has 0 spiro atoms. The summed E-state index contributed by atoms with van der Waals surface area (Å²) in [6, 6.07) is 11.2. The van der Waals surface area contributed by atoms with Crippen LogP contribution in [0, 0.1) is 0 Å². The third-order valence-corrected chi connectivity index (χ3v) is 3.06. The summed E-state index contributed by atoms with van der Waals surface area (Å²) in [5, 5.41) is 5.13. The molecule has 0 amide bonds. The summed E-state index contributed by atoms with van der Waals surface area (Å²) in [7, 11) is 1.84. The lowest BCUT2D eigenvalue weighted by atomic mass is 10.0. The second kappa shape index (κ2) is 4.65. The summed E-state index contributed by atoms with van der Waals surface area (Å²) in [4.78, 5) is 16.6. The summed E-state index contributed by atoms with van der Waals surface area (Å²) in [5.41, 5.74) is 2.33. The Morgan fingerprint density at radius 1 is 1.21 bits per heavy atom. The minimum atomic E-state index is 0.0669. The van der Waals surface area contributed by atoms with Crippen LogP contribution in [0.5, 0.6) is 0 Å². The van der Waals surface area contributed by atoms with Crippen molar-refractivity contribution in [2.24, 2.45) is 7.05 Å². The third-order valence-electron chi connectivity index (χ3n) is 3.06. The van der Waals surface area contributed by atoms with Crippen molar-refractivity contribution >= 4 is 16.7 Å². The average molecular weight is 251 g/mol. The lowest BCUT2D eigenvalue weighted by Gasteiger charge is -2.03. The minimum Gasteiger partial charge on any atom is -0.294 e. The molecule has 0 saturated heterocycles. The van der Waals surface area contributed by atoms with E-state index in [1.807, 2.05) is 49.6 Å². The van der Waals surface area contributed by atoms with Gasteiger partial charge in [-0.2, -0.15) is 5.10 Å². The zero-order valence-electron chi connectivity index (χ0n) is 10.6. The molecule has 0 saturated carbocycles. The molecular formula is C15H13N3O. The molecule has 0 fully saturated rings. The largest absolute Gasteiger partial charge is 0.294 e. The Balaban J connectivity index is 1.97. The van der Waals surface area contributed by atoms with Crippen molar-refractivity contribution in [2.45, 2.75) is 6.42 Å². The van der Waals surface area contributed by atoms with Crippen molar-refractivity contribution in [1.82, 2.24) is 14.8 Å². The van der Waals surface area contributed by atoms with Gasteiger partial charge in [-0.3, -0.25) is 14.5 Å². The Morgan fingerprint density at radius 2 is 2.11 bits per heavy atom. The van der Waals surface area contributed by atoms with Crippen LogP contribution in [0.3, 0.4) is 0 Å². The summed E-state index contributed by atoms with van der Waals surface area (Å²) in [5.74, 6) is 0.0669. The number of fused-ring (bicyclic) bond motifs is 1. The number of hydrogen-bond donors (Lipinski definition) is 0. The van der Waals surface area contributed by atoms with E-state index in [0.29, 0.717) is 12.0 Å². The van der Waals surface area contributed by atoms with Crippen LogP contribution in [0.25, 0.3) is 10.9 Å². The predicted octanol–water partition coefficient (Wildman–Crippen LogP) is 2.39. The molecule has 0 N–H and O–H groups in total. The summed E-state index contributed by atoms with van der Waals surface area (Å²) in [6.07, 6.45) is 3.89. The number of ketones is 1. The van der Waals surface area contributed by atoms with Crippen LogP contribution in [0.1, 0.15) is 16.1 Å². The van der Waals surface area contributed by atoms with E-state index in [0.717, 1.165) is 16.6 Å². The van der Waals surface area contributed by atoms with E-state index in [2.05, 4.69) is 10.1 Å². The van der Waals surface area contributed by atoms with E-state index in [1.165, 1.54) is 0 Å². The van der Waals surface area contributed by atoms with Crippen LogP contribution in [-0.2, 0) is 13.5 Å². The number of Topliss-reactive ketones (excluding diaryl/α,β-unsaturated/α-hetero) is 1. The maximum Gasteiger partial charge on any atom is 0.169 e. The van der Waals surface area contributed by atoms with Gasteiger partial charge >= 0.3 is 0 Å². The first-order valence-corrected chi connectivity index (χ1v) is 6.09. The molecule has 0 aliphatic rings. The van der Waals surface area contributed by atoms with Crippen LogP contribution in [-0.4, -0.2) is 20.5 Å². The summed E-state index contributed by atoms with van der Waals surface area (Å²) >= 11 is 0. The zero-order valence-corrected chi connectivity index (χ0v) is 10.6. The monoisotopic (exact) mass is 251 g/mol. The lowest BCUT2D eigenvalue weighted by Crippen LogP contribution is -2.05. The number of hydrogen-bond acceptors (Lipinski definition) is 3. The first-order chi connectivity index (χ1) is 9.24. The number of aryl methyl sites for hydroxylation is 1. The second-order valence-corrected chi connectivity index (χ2v) is 4.46. The van der Waals surface area contributed by atoms with Gasteiger partial charge in [0.05, 0.1) is 17.6 Å². The lowest BCUT2D eigenvalue weighted by molar-refractivity contribution is 0.0993. The van der Waals surface area contributed by atoms with E-state index < -0.39 is 0 Å². The number of aromatic nitrogens is 3. The fourth-order valence-electron chi connectivity index (χ4n) is 2.16. The molecule has 0 bridgehead atoms. The molecule has 19 heavy (non-hydrogen) atoms. The molecule has 4 heteroatoms. The smallest absolute Gasteiger partial charge is 0.169 e. The predicted molar refractivity (Wildman–Crippen MR) is 73.0 cm³/mol. The Hall–Kier alpha value is -2.49. The quantitative estimate of drug-likeness (QED) is 0.671. The molecule has 1 aromatic carbocycles. The number of carbonyl (C=O) groups is 1. The number of carbonyl (C=O) groups excluding carboxylic acids is 1. The third kappa shape index (κ3) is 2.25. The Bertz CT molecular complexity index is 740. The van der Waals surface area contributed by atoms with Crippen LogP contribution >= 0.6 is 0 Å². The Morgan fingerprint density at radius 3 is 2.89 bits per heavy atom. The number of benzene rings is 1. The number of pyridine rings is 1. The molecule has 3 rings (SSSR count). The second-order valence-electron chi connectivity index (χ2n) is 4.46. The first kappa shape index (κ1) is 11.6. The molecule has 0 aliphatic carbocycles. The maximum absolute atomic E-state index is 12.4. The average Bonchev–Trinajstić information content (AvgIpc) is 2.83. The first-order valence-electron chi connectivity index (χ1n) is 6.09. The van der Waals surface area contributed by atoms with Gasteiger partial charge in [0.15, 0.2) is 5.78 Å². The fourth-order valence-corrected chi connectivity index (χ4v) is 2.16. The highest BCUT2D eigenvalue weighted by Gasteiger charge is 2.12. The molecule has 2 aromatic heterocycles. The van der Waals surface area contributed by atoms with E-state index >= 15 is 0 Å². The van der Waals surface area contributed by atoms with E-state index in [1.54, 1.807) is 10.9 Å². The van der Waals surface area contributed by atoms with Crippen molar-refractivity contribution < 1.29 is 4.79 Å². The molecule has 0 unspecified atom stereocenters. The molecular weight excluding hydrogens is 238 g/mol. The minimum absolute atomic E-state index is 0.0669. The van der Waals surface area contributed by atoms with Crippen LogP contribution in [0.15, 0.2) is 48.8 Å². The van der Waals surface area contributed by atoms with Gasteiger partial charge in [0.1, 0.15) is 0 Å². The zero-order chi connectivity index (χ0) is 13.2. The fraction of sp³-hybridized carbons (Fsp3) is 0.133. The molecule has 3 aromatic rings. The van der Waals surface area contributed by atoms with Crippen LogP contribution in [0.2, 0.25) is 0 Å². The van der Waals surface area contributed by atoms with Crippen molar-refractivity contribution in [2.75, 3.05) is 0 Å². The Labute approximate surface area is 110 Å². The van der Waals surface area contributed by atoms with E-state index in [9.17, 15) is 4.79 Å². The van der Waals surface area contributed by atoms with Gasteiger partial charge in [-0.15, -0.1) is 0 Å². The van der Waals surface area contributed by atoms with E-state index in [4.69, 9.17) is 0 Å². The van der Waals surface area contributed by atoms with Crippen LogP contribution in [0.4, 0.5) is 0 Å². The molecule has 4 nitrogen and oxygen atoms in total. The highest BCUT2D eigenvalue weighted by Crippen LogP contribution is 2.18. The highest BCUT2D eigenvalue weighted by atomic mass is 16.1. The standard InChI is InChI=1S/C15H13N3O/c1-18-9-7-11(17-18)10-15(19)13-4-2-6-14-12(13)5-3-8-16-14/h2-9H,10H2,1H3. The molecule has 2 heterocycles. The van der Waals surface area contributed by atoms with Crippen molar-refractivity contribution in [3.8, 4) is 0 Å². The number of nitrogens with zero attached hydrogens (tertiary/aromatic N) is 3. The van der Waals surface area contributed by atoms with Gasteiger partial charge < -0.3 is 0 Å². The van der Waals surface area contributed by atoms with Crippen molar-refractivity contribution in [1.29, 1.82) is 0 Å². The SMILES string of the molecule is Cn1ccc(CC(=O)c2cccc3ncccc23)n1. The molecule has 0 atom stereocenters. The molecule has 0 aliphatic heterocycles. The number of rotatable bonds is 3. The molecule has 0 radical (unpaired) electrons. The molecule has 94 valence electrons. The van der Waals surface area contributed by atoms with Gasteiger partial charge in [-0.25, -0.2) is 0 Å². The summed E-state index contributed by atoms with van der Waals surface area (Å²) in [6.45, 7) is 0. The van der Waals surface area contributed by atoms with Crippen molar-refractivity contribution in [3.63, 3.8) is 0 Å². The van der Waals surface area contributed by atoms with Gasteiger partial charge in [-0.1, -0.05) is 18.2 Å².